The fraction of sp³-hybridized carbons (Fsp3) is 0.250. The summed E-state index contributed by atoms with van der Waals surface area (Å²) >= 11 is 6.56. The minimum Gasteiger partial charge on any atom is -0.494 e. The molecule has 7 heteroatoms. The molecular weight excluding hydrogens is 416 g/mol. The van der Waals surface area contributed by atoms with Crippen LogP contribution >= 0.6 is 11.6 Å². The summed E-state index contributed by atoms with van der Waals surface area (Å²) in [4.78, 5) is 15.8. The van der Waals surface area contributed by atoms with Crippen LogP contribution in [0.15, 0.2) is 47.0 Å². The van der Waals surface area contributed by atoms with Gasteiger partial charge in [0.1, 0.15) is 0 Å². The predicted molar refractivity (Wildman–Crippen MR) is 118 cm³/mol. The van der Waals surface area contributed by atoms with Crippen molar-refractivity contribution >= 4 is 28.3 Å². The molecule has 6 nitrogen and oxygen atoms in total. The number of fused-ring (bicyclic) bond motifs is 1. The summed E-state index contributed by atoms with van der Waals surface area (Å²) in [6.07, 6.45) is 2.06. The van der Waals surface area contributed by atoms with Gasteiger partial charge in [-0.3, -0.25) is 4.79 Å². The lowest BCUT2D eigenvalue weighted by molar-refractivity contribution is 0.0853. The van der Waals surface area contributed by atoms with Crippen LogP contribution in [0.4, 0.5) is 0 Å². The average Bonchev–Trinajstić information content (AvgIpc) is 3.35. The molecule has 2 N–H and O–H groups in total. The van der Waals surface area contributed by atoms with Crippen LogP contribution in [0.2, 0.25) is 5.02 Å². The first kappa shape index (κ1) is 19.8. The highest BCUT2D eigenvalue weighted by Crippen LogP contribution is 2.38. The molecule has 4 aromatic rings. The van der Waals surface area contributed by atoms with Crippen molar-refractivity contribution in [3.63, 3.8) is 0 Å². The number of hydrogen-bond acceptors (Lipinski definition) is 5. The van der Waals surface area contributed by atoms with Crippen molar-refractivity contribution in [1.29, 1.82) is 0 Å². The Bertz CT molecular complexity index is 1270. The Balaban J connectivity index is 1.55. The van der Waals surface area contributed by atoms with E-state index in [4.69, 9.17) is 20.9 Å². The van der Waals surface area contributed by atoms with Gasteiger partial charge >= 0.3 is 0 Å². The van der Waals surface area contributed by atoms with Crippen LogP contribution in [0.5, 0.6) is 5.88 Å². The first-order valence-corrected chi connectivity index (χ1v) is 10.6. The Morgan fingerprint density at radius 3 is 2.58 bits per heavy atom. The zero-order chi connectivity index (χ0) is 21.5. The van der Waals surface area contributed by atoms with Gasteiger partial charge in [-0.05, 0) is 48.9 Å². The Hall–Kier alpha value is -3.09. The molecule has 0 spiro atoms. The summed E-state index contributed by atoms with van der Waals surface area (Å²) in [6.45, 7) is 3.33. The summed E-state index contributed by atoms with van der Waals surface area (Å²) < 4.78 is 10.6. The highest BCUT2D eigenvalue weighted by molar-refractivity contribution is 6.34. The highest BCUT2D eigenvalue weighted by atomic mass is 35.5. The maximum atomic E-state index is 13.0. The van der Waals surface area contributed by atoms with E-state index in [2.05, 4.69) is 22.3 Å². The second kappa shape index (κ2) is 7.87. The molecule has 2 aromatic heterocycles. The maximum absolute atomic E-state index is 13.0. The molecule has 0 radical (unpaired) electrons. The molecule has 158 valence electrons. The lowest BCUT2D eigenvalue weighted by Crippen LogP contribution is -2.13. The SMILES string of the molecule is Cc1cc(C(=O)c2c(O)[nH]c3cc(Cl)c(-c4ccc(C5CCOCC5)cc4)cc23)on1. The van der Waals surface area contributed by atoms with Gasteiger partial charge in [0.05, 0.1) is 21.8 Å². The standard InChI is InChI=1S/C24H21ClN2O4/c1-13-10-21(31-27-13)23(28)22-18-11-17(19(25)12-20(18)26-24(22)29)16-4-2-14(3-5-16)15-6-8-30-9-7-15/h2-5,10-12,15,26,29H,6-9H2,1H3. The summed E-state index contributed by atoms with van der Waals surface area (Å²) in [5.41, 5.74) is 4.33. The number of ether oxygens (including phenoxy) is 1. The number of aromatic nitrogens is 2. The molecule has 0 atom stereocenters. The van der Waals surface area contributed by atoms with Crippen molar-refractivity contribution in [2.75, 3.05) is 13.2 Å². The number of nitrogens with zero attached hydrogens (tertiary/aromatic N) is 1. The number of nitrogens with one attached hydrogen (secondary N) is 1. The number of carbonyl (C=O) groups excluding carboxylic acids is 1. The third-order valence-electron chi connectivity index (χ3n) is 5.86. The number of H-pyrrole nitrogens is 1. The van der Waals surface area contributed by atoms with E-state index in [0.29, 0.717) is 27.5 Å². The van der Waals surface area contributed by atoms with Crippen molar-refractivity contribution in [3.8, 4) is 17.0 Å². The van der Waals surface area contributed by atoms with E-state index in [9.17, 15) is 9.90 Å². The molecule has 31 heavy (non-hydrogen) atoms. The first-order chi connectivity index (χ1) is 15.0. The van der Waals surface area contributed by atoms with E-state index in [0.717, 1.165) is 37.2 Å². The molecule has 5 rings (SSSR count). The van der Waals surface area contributed by atoms with Gasteiger partial charge in [-0.2, -0.15) is 0 Å². The van der Waals surface area contributed by atoms with Crippen molar-refractivity contribution in [3.05, 3.63) is 70.1 Å². The number of aryl methyl sites for hydroxylation is 1. The molecule has 0 unspecified atom stereocenters. The number of hydrogen-bond donors (Lipinski definition) is 2. The largest absolute Gasteiger partial charge is 0.494 e. The Labute approximate surface area is 183 Å². The van der Waals surface area contributed by atoms with E-state index < -0.39 is 5.78 Å². The molecule has 1 fully saturated rings. The quantitative estimate of drug-likeness (QED) is 0.405. The predicted octanol–water partition coefficient (Wildman–Crippen LogP) is 5.62. The molecule has 0 bridgehead atoms. The van der Waals surface area contributed by atoms with Gasteiger partial charge in [-0.25, -0.2) is 0 Å². The second-order valence-corrected chi connectivity index (χ2v) is 8.30. The molecule has 3 heterocycles. The number of benzene rings is 2. The molecule has 0 aliphatic carbocycles. The number of rotatable bonds is 4. The van der Waals surface area contributed by atoms with Gasteiger partial charge < -0.3 is 19.4 Å². The molecule has 1 saturated heterocycles. The Kier molecular flexibility index (Phi) is 5.04. The fourth-order valence-corrected chi connectivity index (χ4v) is 4.48. The molecular formula is C24H21ClN2O4. The lowest BCUT2D eigenvalue weighted by atomic mass is 9.90. The van der Waals surface area contributed by atoms with Crippen LogP contribution in [0, 0.1) is 6.92 Å². The Morgan fingerprint density at radius 1 is 1.16 bits per heavy atom. The first-order valence-electron chi connectivity index (χ1n) is 10.2. The lowest BCUT2D eigenvalue weighted by Gasteiger charge is -2.22. The third-order valence-corrected chi connectivity index (χ3v) is 6.17. The third kappa shape index (κ3) is 3.62. The number of aromatic amines is 1. The van der Waals surface area contributed by atoms with Crippen molar-refractivity contribution in [2.24, 2.45) is 0 Å². The van der Waals surface area contributed by atoms with Gasteiger partial charge in [-0.1, -0.05) is 41.0 Å². The molecule has 1 aliphatic heterocycles. The van der Waals surface area contributed by atoms with Gasteiger partial charge in [0.15, 0.2) is 0 Å². The van der Waals surface area contributed by atoms with Gasteiger partial charge in [-0.15, -0.1) is 0 Å². The molecule has 0 amide bonds. The smallest absolute Gasteiger partial charge is 0.237 e. The number of ketones is 1. The summed E-state index contributed by atoms with van der Waals surface area (Å²) in [5, 5.41) is 15.3. The monoisotopic (exact) mass is 436 g/mol. The minimum absolute atomic E-state index is 0.0750. The summed E-state index contributed by atoms with van der Waals surface area (Å²) in [6, 6.07) is 13.5. The van der Waals surface area contributed by atoms with Crippen LogP contribution in [-0.4, -0.2) is 34.2 Å². The molecule has 2 aromatic carbocycles. The van der Waals surface area contributed by atoms with Crippen molar-refractivity contribution < 1.29 is 19.2 Å². The number of aromatic hydroxyl groups is 1. The van der Waals surface area contributed by atoms with Gasteiger partial charge in [0, 0.05) is 30.2 Å². The van der Waals surface area contributed by atoms with E-state index >= 15 is 0 Å². The number of carbonyl (C=O) groups is 1. The number of halogens is 1. The van der Waals surface area contributed by atoms with Crippen molar-refractivity contribution in [1.82, 2.24) is 10.1 Å². The normalized spacial score (nSPS) is 14.9. The van der Waals surface area contributed by atoms with Crippen LogP contribution in [0.3, 0.4) is 0 Å². The van der Waals surface area contributed by atoms with E-state index in [-0.39, 0.29) is 17.2 Å². The fourth-order valence-electron chi connectivity index (χ4n) is 4.21. The molecule has 1 aliphatic rings. The van der Waals surface area contributed by atoms with E-state index in [1.807, 2.05) is 18.2 Å². The summed E-state index contributed by atoms with van der Waals surface area (Å²) in [7, 11) is 0. The maximum Gasteiger partial charge on any atom is 0.237 e. The van der Waals surface area contributed by atoms with Gasteiger partial charge in [0.25, 0.3) is 0 Å². The second-order valence-electron chi connectivity index (χ2n) is 7.90. The van der Waals surface area contributed by atoms with Crippen LogP contribution in [0.1, 0.15) is 46.1 Å². The average molecular weight is 437 g/mol. The highest BCUT2D eigenvalue weighted by Gasteiger charge is 2.24. The van der Waals surface area contributed by atoms with Crippen molar-refractivity contribution in [2.45, 2.75) is 25.7 Å². The van der Waals surface area contributed by atoms with E-state index in [1.165, 1.54) is 5.56 Å². The minimum atomic E-state index is -0.438. The zero-order valence-electron chi connectivity index (χ0n) is 16.9. The van der Waals surface area contributed by atoms with Crippen LogP contribution in [-0.2, 0) is 4.74 Å². The Morgan fingerprint density at radius 2 is 1.90 bits per heavy atom. The summed E-state index contributed by atoms with van der Waals surface area (Å²) in [5.74, 6) is -0.0763. The van der Waals surface area contributed by atoms with E-state index in [1.54, 1.807) is 19.1 Å². The topological polar surface area (TPSA) is 88.3 Å². The van der Waals surface area contributed by atoms with Gasteiger partial charge in [0.2, 0.25) is 17.4 Å². The molecule has 0 saturated carbocycles. The van der Waals surface area contributed by atoms with Crippen LogP contribution < -0.4 is 0 Å². The van der Waals surface area contributed by atoms with Crippen LogP contribution in [0.25, 0.3) is 22.0 Å². The zero-order valence-corrected chi connectivity index (χ0v) is 17.7.